The van der Waals surface area contributed by atoms with Gasteiger partial charge in [-0.05, 0) is 11.6 Å². The lowest BCUT2D eigenvalue weighted by Crippen LogP contribution is -2.14. The van der Waals surface area contributed by atoms with Crippen LogP contribution in [0, 0.1) is 0 Å². The van der Waals surface area contributed by atoms with Gasteiger partial charge in [0.05, 0.1) is 17.3 Å². The Balaban J connectivity index is 0.00000196. The van der Waals surface area contributed by atoms with Crippen molar-refractivity contribution in [3.8, 4) is 0 Å². The molecule has 0 aliphatic heterocycles. The van der Waals surface area contributed by atoms with E-state index in [-0.39, 0.29) is 19.0 Å². The summed E-state index contributed by atoms with van der Waals surface area (Å²) in [6.07, 6.45) is -0.280. The molecule has 0 unspecified atom stereocenters. The average molecular weight is 251 g/mol. The molecule has 0 spiro atoms. The molecule has 0 heterocycles. The molecule has 1 aromatic carbocycles. The Morgan fingerprint density at radius 2 is 2.13 bits per heavy atom. The van der Waals surface area contributed by atoms with Crippen LogP contribution >= 0.6 is 24.0 Å². The van der Waals surface area contributed by atoms with Crippen LogP contribution in [0.1, 0.15) is 5.56 Å². The predicted molar refractivity (Wildman–Crippen MR) is 62.4 cm³/mol. The molecule has 0 radical (unpaired) electrons. The fraction of sp³-hybridized carbons (Fsp3) is 0.222. The van der Waals surface area contributed by atoms with E-state index in [2.05, 4.69) is 4.74 Å². The minimum Gasteiger partial charge on any atom is -0.449 e. The van der Waals surface area contributed by atoms with Crippen LogP contribution < -0.4 is 11.5 Å². The Kier molecular flexibility index (Phi) is 5.89. The van der Waals surface area contributed by atoms with Gasteiger partial charge in [-0.25, -0.2) is 4.79 Å². The van der Waals surface area contributed by atoms with E-state index in [0.717, 1.165) is 5.56 Å². The smallest absolute Gasteiger partial charge is 0.404 e. The van der Waals surface area contributed by atoms with Crippen LogP contribution in [-0.4, -0.2) is 12.7 Å². The zero-order chi connectivity index (χ0) is 10.6. The summed E-state index contributed by atoms with van der Waals surface area (Å²) in [6, 6.07) is 5.32. The minimum absolute atomic E-state index is 0. The molecule has 0 aromatic heterocycles. The normalized spacial score (nSPS) is 9.13. The van der Waals surface area contributed by atoms with Crippen LogP contribution in [0.25, 0.3) is 0 Å². The summed E-state index contributed by atoms with van der Waals surface area (Å²) in [5.41, 5.74) is 11.8. The van der Waals surface area contributed by atoms with Crippen molar-refractivity contribution in [1.29, 1.82) is 0 Å². The van der Waals surface area contributed by atoms with Gasteiger partial charge in [0, 0.05) is 6.42 Å². The van der Waals surface area contributed by atoms with Crippen molar-refractivity contribution in [1.82, 2.24) is 0 Å². The fourth-order valence-electron chi connectivity index (χ4n) is 1.05. The molecule has 15 heavy (non-hydrogen) atoms. The average Bonchev–Trinajstić information content (AvgIpc) is 2.12. The quantitative estimate of drug-likeness (QED) is 0.806. The number of benzene rings is 1. The van der Waals surface area contributed by atoms with Crippen molar-refractivity contribution in [3.05, 3.63) is 28.8 Å². The van der Waals surface area contributed by atoms with E-state index in [1.165, 1.54) is 0 Å². The van der Waals surface area contributed by atoms with Crippen LogP contribution in [-0.2, 0) is 11.2 Å². The van der Waals surface area contributed by atoms with Gasteiger partial charge in [-0.3, -0.25) is 0 Å². The van der Waals surface area contributed by atoms with Crippen molar-refractivity contribution in [2.75, 3.05) is 12.3 Å². The number of hydrogen-bond acceptors (Lipinski definition) is 3. The molecule has 0 fully saturated rings. The van der Waals surface area contributed by atoms with Crippen LogP contribution in [0.5, 0.6) is 0 Å². The molecule has 0 saturated heterocycles. The van der Waals surface area contributed by atoms with Crippen molar-refractivity contribution in [2.24, 2.45) is 5.73 Å². The lowest BCUT2D eigenvalue weighted by atomic mass is 10.1. The van der Waals surface area contributed by atoms with E-state index in [1.54, 1.807) is 12.1 Å². The van der Waals surface area contributed by atoms with Crippen molar-refractivity contribution >= 4 is 35.8 Å². The number of carbonyl (C=O) groups excluding carboxylic acids is 1. The monoisotopic (exact) mass is 250 g/mol. The van der Waals surface area contributed by atoms with E-state index in [0.29, 0.717) is 17.1 Å². The first-order chi connectivity index (χ1) is 6.61. The summed E-state index contributed by atoms with van der Waals surface area (Å²) in [5.74, 6) is 0. The Bertz CT molecular complexity index is 345. The van der Waals surface area contributed by atoms with Crippen LogP contribution in [0.4, 0.5) is 10.5 Å². The third-order valence-electron chi connectivity index (χ3n) is 1.72. The molecule has 0 aliphatic carbocycles. The number of anilines is 1. The number of carbonyl (C=O) groups is 1. The van der Waals surface area contributed by atoms with E-state index >= 15 is 0 Å². The Morgan fingerprint density at radius 1 is 1.47 bits per heavy atom. The number of rotatable bonds is 3. The van der Waals surface area contributed by atoms with Crippen LogP contribution in [0.15, 0.2) is 18.2 Å². The van der Waals surface area contributed by atoms with Gasteiger partial charge in [0.2, 0.25) is 0 Å². The molecule has 1 aromatic rings. The van der Waals surface area contributed by atoms with E-state index < -0.39 is 6.09 Å². The molecule has 4 nitrogen and oxygen atoms in total. The highest BCUT2D eigenvalue weighted by atomic mass is 35.5. The molecule has 1 rings (SSSR count). The van der Waals surface area contributed by atoms with Gasteiger partial charge < -0.3 is 16.2 Å². The maximum Gasteiger partial charge on any atom is 0.404 e. The van der Waals surface area contributed by atoms with Gasteiger partial charge in [-0.1, -0.05) is 23.7 Å². The number of ether oxygens (including phenoxy) is 1. The molecule has 6 heteroatoms. The summed E-state index contributed by atoms with van der Waals surface area (Å²) in [4.78, 5) is 10.3. The molecular weight excluding hydrogens is 239 g/mol. The number of nitrogens with two attached hydrogens (primary N) is 2. The third-order valence-corrected chi connectivity index (χ3v) is 2.19. The van der Waals surface area contributed by atoms with E-state index in [9.17, 15) is 4.79 Å². The second-order valence-electron chi connectivity index (χ2n) is 2.74. The Morgan fingerprint density at radius 3 is 2.73 bits per heavy atom. The minimum atomic E-state index is -0.787. The molecule has 0 atom stereocenters. The maximum absolute atomic E-state index is 10.3. The zero-order valence-corrected chi connectivity index (χ0v) is 9.48. The lowest BCUT2D eigenvalue weighted by molar-refractivity contribution is 0.158. The largest absolute Gasteiger partial charge is 0.449 e. The van der Waals surface area contributed by atoms with Gasteiger partial charge in [-0.2, -0.15) is 0 Å². The first kappa shape index (κ1) is 13.9. The van der Waals surface area contributed by atoms with Gasteiger partial charge in [0.1, 0.15) is 0 Å². The molecule has 84 valence electrons. The standard InChI is InChI=1S/C9H11ClN2O2.ClH/c10-8-6(2-1-3-7(8)11)4-5-14-9(12)13;/h1-3H,4-5,11H2,(H2,12,13);1H. The lowest BCUT2D eigenvalue weighted by Gasteiger charge is -2.06. The number of halogens is 2. The topological polar surface area (TPSA) is 78.3 Å². The second-order valence-corrected chi connectivity index (χ2v) is 3.12. The Labute approximate surface area is 98.9 Å². The van der Waals surface area contributed by atoms with Gasteiger partial charge in [-0.15, -0.1) is 12.4 Å². The third kappa shape index (κ3) is 4.27. The van der Waals surface area contributed by atoms with Crippen molar-refractivity contribution in [2.45, 2.75) is 6.42 Å². The number of primary amides is 1. The Hall–Kier alpha value is -1.13. The van der Waals surface area contributed by atoms with Gasteiger partial charge >= 0.3 is 6.09 Å². The molecule has 0 bridgehead atoms. The van der Waals surface area contributed by atoms with Crippen molar-refractivity contribution < 1.29 is 9.53 Å². The first-order valence-corrected chi connectivity index (χ1v) is 4.44. The summed E-state index contributed by atoms with van der Waals surface area (Å²) in [5, 5.41) is 0.501. The highest BCUT2D eigenvalue weighted by Gasteiger charge is 2.03. The first-order valence-electron chi connectivity index (χ1n) is 4.06. The molecule has 0 saturated carbocycles. The summed E-state index contributed by atoms with van der Waals surface area (Å²) in [6.45, 7) is 0.207. The number of amides is 1. The van der Waals surface area contributed by atoms with Gasteiger partial charge in [0.25, 0.3) is 0 Å². The molecular formula is C9H12Cl2N2O2. The van der Waals surface area contributed by atoms with E-state index in [4.69, 9.17) is 23.1 Å². The van der Waals surface area contributed by atoms with Crippen molar-refractivity contribution in [3.63, 3.8) is 0 Å². The van der Waals surface area contributed by atoms with Crippen LogP contribution in [0.2, 0.25) is 5.02 Å². The molecule has 0 aliphatic rings. The molecule has 1 amide bonds. The maximum atomic E-state index is 10.3. The van der Waals surface area contributed by atoms with E-state index in [1.807, 2.05) is 6.07 Å². The SMILES string of the molecule is Cl.NC(=O)OCCc1cccc(N)c1Cl. The fourth-order valence-corrected chi connectivity index (χ4v) is 1.27. The number of nitrogen functional groups attached to an aromatic ring is 1. The number of hydrogen-bond donors (Lipinski definition) is 2. The highest BCUT2D eigenvalue weighted by Crippen LogP contribution is 2.23. The molecule has 4 N–H and O–H groups in total. The van der Waals surface area contributed by atoms with Crippen LogP contribution in [0.3, 0.4) is 0 Å². The summed E-state index contributed by atoms with van der Waals surface area (Å²) in [7, 11) is 0. The summed E-state index contributed by atoms with van der Waals surface area (Å²) < 4.78 is 4.58. The predicted octanol–water partition coefficient (Wildman–Crippen LogP) is 1.98. The second kappa shape index (κ2) is 6.37. The zero-order valence-electron chi connectivity index (χ0n) is 7.90. The highest BCUT2D eigenvalue weighted by molar-refractivity contribution is 6.33. The summed E-state index contributed by atoms with van der Waals surface area (Å²) >= 11 is 5.91. The van der Waals surface area contributed by atoms with Gasteiger partial charge in [0.15, 0.2) is 0 Å².